The number of carbonyl (C=O) groups excluding carboxylic acids is 1. The normalized spacial score (nSPS) is 22.1. The first-order chi connectivity index (χ1) is 9.40. The van der Waals surface area contributed by atoms with Crippen molar-refractivity contribution in [3.05, 3.63) is 30.1 Å². The lowest BCUT2D eigenvalue weighted by Gasteiger charge is -2.46. The first-order valence-electron chi connectivity index (χ1n) is 7.36. The van der Waals surface area contributed by atoms with Gasteiger partial charge in [-0.3, -0.25) is 9.78 Å². The summed E-state index contributed by atoms with van der Waals surface area (Å²) in [5.74, 6) is 0.659. The van der Waals surface area contributed by atoms with Crippen LogP contribution in [0.4, 0.5) is 0 Å². The Labute approximate surface area is 121 Å². The van der Waals surface area contributed by atoms with Crippen LogP contribution in [0.5, 0.6) is 0 Å². The quantitative estimate of drug-likeness (QED) is 0.921. The number of amides is 1. The summed E-state index contributed by atoms with van der Waals surface area (Å²) in [7, 11) is 0. The molecule has 0 aliphatic carbocycles. The number of nitrogens with one attached hydrogen (secondary N) is 1. The van der Waals surface area contributed by atoms with E-state index in [2.05, 4.69) is 38.0 Å². The molecular weight excluding hydrogens is 250 g/mol. The minimum atomic E-state index is -0.178. The Bertz CT molecular complexity index is 456. The summed E-state index contributed by atoms with van der Waals surface area (Å²) >= 11 is 0. The molecule has 1 atom stereocenters. The standard InChI is InChI=1S/C16H25N3O/c1-12(2)9-13-10-19(16(3,4)11-18-13)15(20)14-7-5-6-8-17-14/h5-8,12-13,18H,9-11H2,1-4H3. The van der Waals surface area contributed by atoms with Crippen LogP contribution in [0.1, 0.15) is 44.6 Å². The fraction of sp³-hybridized carbons (Fsp3) is 0.625. The second-order valence-corrected chi connectivity index (χ2v) is 6.65. The van der Waals surface area contributed by atoms with E-state index in [0.29, 0.717) is 17.7 Å². The molecule has 0 aromatic carbocycles. The molecule has 2 rings (SSSR count). The Hall–Kier alpha value is -1.42. The third-order valence-corrected chi connectivity index (χ3v) is 3.84. The Morgan fingerprint density at radius 2 is 2.25 bits per heavy atom. The monoisotopic (exact) mass is 275 g/mol. The Balaban J connectivity index is 2.15. The molecule has 1 aliphatic heterocycles. The van der Waals surface area contributed by atoms with Crippen molar-refractivity contribution in [3.8, 4) is 0 Å². The Kier molecular flexibility index (Phi) is 4.43. The predicted octanol–water partition coefficient (Wildman–Crippen LogP) is 2.32. The van der Waals surface area contributed by atoms with Crippen LogP contribution in [-0.2, 0) is 0 Å². The number of rotatable bonds is 3. The number of aromatic nitrogens is 1. The second kappa shape index (κ2) is 5.92. The molecule has 1 unspecified atom stereocenters. The van der Waals surface area contributed by atoms with E-state index in [-0.39, 0.29) is 11.4 Å². The van der Waals surface area contributed by atoms with Crippen LogP contribution >= 0.6 is 0 Å². The zero-order chi connectivity index (χ0) is 14.8. The molecule has 1 aliphatic rings. The van der Waals surface area contributed by atoms with Gasteiger partial charge < -0.3 is 10.2 Å². The molecule has 0 radical (unpaired) electrons. The molecule has 20 heavy (non-hydrogen) atoms. The van der Waals surface area contributed by atoms with Gasteiger partial charge in [0.1, 0.15) is 5.69 Å². The molecule has 110 valence electrons. The highest BCUT2D eigenvalue weighted by Crippen LogP contribution is 2.23. The van der Waals surface area contributed by atoms with Gasteiger partial charge in [0.2, 0.25) is 0 Å². The smallest absolute Gasteiger partial charge is 0.272 e. The van der Waals surface area contributed by atoms with E-state index in [1.54, 1.807) is 12.3 Å². The van der Waals surface area contributed by atoms with E-state index in [4.69, 9.17) is 0 Å². The highest BCUT2D eigenvalue weighted by atomic mass is 16.2. The zero-order valence-electron chi connectivity index (χ0n) is 12.9. The summed E-state index contributed by atoms with van der Waals surface area (Å²) in [5, 5.41) is 3.56. The molecule has 4 nitrogen and oxygen atoms in total. The van der Waals surface area contributed by atoms with Crippen molar-refractivity contribution in [1.29, 1.82) is 0 Å². The zero-order valence-corrected chi connectivity index (χ0v) is 12.9. The fourth-order valence-electron chi connectivity index (χ4n) is 2.73. The van der Waals surface area contributed by atoms with Gasteiger partial charge in [-0.25, -0.2) is 0 Å². The number of nitrogens with zero attached hydrogens (tertiary/aromatic N) is 2. The number of hydrogen-bond donors (Lipinski definition) is 1. The van der Waals surface area contributed by atoms with Crippen molar-refractivity contribution < 1.29 is 4.79 Å². The highest BCUT2D eigenvalue weighted by Gasteiger charge is 2.37. The van der Waals surface area contributed by atoms with Gasteiger partial charge in [-0.2, -0.15) is 0 Å². The van der Waals surface area contributed by atoms with Gasteiger partial charge in [0.25, 0.3) is 5.91 Å². The molecule has 1 N–H and O–H groups in total. The number of piperazine rings is 1. The van der Waals surface area contributed by atoms with Crippen LogP contribution in [-0.4, -0.2) is 40.5 Å². The minimum absolute atomic E-state index is 0.0332. The summed E-state index contributed by atoms with van der Waals surface area (Å²) in [5.41, 5.74) is 0.355. The second-order valence-electron chi connectivity index (χ2n) is 6.65. The molecule has 2 heterocycles. The van der Waals surface area contributed by atoms with Crippen LogP contribution in [0.25, 0.3) is 0 Å². The first-order valence-corrected chi connectivity index (χ1v) is 7.36. The molecule has 0 saturated carbocycles. The van der Waals surface area contributed by atoms with Gasteiger partial charge in [-0.05, 0) is 38.3 Å². The summed E-state index contributed by atoms with van der Waals surface area (Å²) < 4.78 is 0. The van der Waals surface area contributed by atoms with E-state index in [1.165, 1.54) is 0 Å². The lowest BCUT2D eigenvalue weighted by molar-refractivity contribution is 0.0372. The summed E-state index contributed by atoms with van der Waals surface area (Å²) in [4.78, 5) is 18.8. The molecule has 4 heteroatoms. The maximum absolute atomic E-state index is 12.7. The van der Waals surface area contributed by atoms with Crippen LogP contribution in [0.3, 0.4) is 0 Å². The highest BCUT2D eigenvalue weighted by molar-refractivity contribution is 5.92. The van der Waals surface area contributed by atoms with E-state index in [1.807, 2.05) is 17.0 Å². The molecule has 1 saturated heterocycles. The number of pyridine rings is 1. The van der Waals surface area contributed by atoms with Crippen LogP contribution in [0, 0.1) is 5.92 Å². The molecule has 1 fully saturated rings. The van der Waals surface area contributed by atoms with Crippen molar-refractivity contribution in [2.75, 3.05) is 13.1 Å². The molecule has 0 bridgehead atoms. The first kappa shape index (κ1) is 15.0. The summed E-state index contributed by atoms with van der Waals surface area (Å²) in [6.07, 6.45) is 2.76. The topological polar surface area (TPSA) is 45.2 Å². The van der Waals surface area contributed by atoms with Crippen LogP contribution in [0.2, 0.25) is 0 Å². The van der Waals surface area contributed by atoms with Crippen molar-refractivity contribution in [3.63, 3.8) is 0 Å². The van der Waals surface area contributed by atoms with E-state index >= 15 is 0 Å². The molecule has 1 amide bonds. The van der Waals surface area contributed by atoms with Crippen molar-refractivity contribution in [1.82, 2.24) is 15.2 Å². The average molecular weight is 275 g/mol. The van der Waals surface area contributed by atoms with Gasteiger partial charge in [-0.1, -0.05) is 19.9 Å². The van der Waals surface area contributed by atoms with Crippen molar-refractivity contribution >= 4 is 5.91 Å². The summed E-state index contributed by atoms with van der Waals surface area (Å²) in [6.45, 7) is 10.2. The molecule has 1 aromatic heterocycles. The molecule has 0 spiro atoms. The SMILES string of the molecule is CC(C)CC1CN(C(=O)c2ccccn2)C(C)(C)CN1. The van der Waals surface area contributed by atoms with E-state index in [9.17, 15) is 4.79 Å². The Morgan fingerprint density at radius 3 is 2.85 bits per heavy atom. The maximum atomic E-state index is 12.7. The fourth-order valence-corrected chi connectivity index (χ4v) is 2.73. The third kappa shape index (κ3) is 3.37. The summed E-state index contributed by atoms with van der Waals surface area (Å²) in [6, 6.07) is 5.86. The predicted molar refractivity (Wildman–Crippen MR) is 80.6 cm³/mol. The number of carbonyl (C=O) groups is 1. The van der Waals surface area contributed by atoms with Crippen molar-refractivity contribution in [2.45, 2.75) is 45.7 Å². The lowest BCUT2D eigenvalue weighted by Crippen LogP contribution is -2.63. The van der Waals surface area contributed by atoms with E-state index < -0.39 is 0 Å². The number of hydrogen-bond acceptors (Lipinski definition) is 3. The van der Waals surface area contributed by atoms with Gasteiger partial charge in [0, 0.05) is 25.3 Å². The van der Waals surface area contributed by atoms with E-state index in [0.717, 1.165) is 19.5 Å². The van der Waals surface area contributed by atoms with Crippen molar-refractivity contribution in [2.24, 2.45) is 5.92 Å². The van der Waals surface area contributed by atoms with Gasteiger partial charge in [-0.15, -0.1) is 0 Å². The Morgan fingerprint density at radius 1 is 1.50 bits per heavy atom. The third-order valence-electron chi connectivity index (χ3n) is 3.84. The van der Waals surface area contributed by atoms with Gasteiger partial charge in [0.05, 0.1) is 5.54 Å². The van der Waals surface area contributed by atoms with Gasteiger partial charge >= 0.3 is 0 Å². The van der Waals surface area contributed by atoms with Gasteiger partial charge in [0.15, 0.2) is 0 Å². The lowest BCUT2D eigenvalue weighted by atomic mass is 9.93. The minimum Gasteiger partial charge on any atom is -0.329 e. The van der Waals surface area contributed by atoms with Crippen LogP contribution in [0.15, 0.2) is 24.4 Å². The largest absolute Gasteiger partial charge is 0.329 e. The van der Waals surface area contributed by atoms with Crippen LogP contribution < -0.4 is 5.32 Å². The molecular formula is C16H25N3O. The maximum Gasteiger partial charge on any atom is 0.272 e. The average Bonchev–Trinajstić information content (AvgIpc) is 2.40. The molecule has 1 aromatic rings.